The highest BCUT2D eigenvalue weighted by atomic mass is 35.5. The van der Waals surface area contributed by atoms with Gasteiger partial charge in [0.05, 0.1) is 0 Å². The van der Waals surface area contributed by atoms with Crippen molar-refractivity contribution in [2.24, 2.45) is 0 Å². The Morgan fingerprint density at radius 1 is 1.30 bits per heavy atom. The number of urea groups is 1. The third kappa shape index (κ3) is 4.84. The van der Waals surface area contributed by atoms with Crippen molar-refractivity contribution in [2.45, 2.75) is 20.3 Å². The summed E-state index contributed by atoms with van der Waals surface area (Å²) in [4.78, 5) is 25.8. The SMILES string of the molecule is CCCNCCNC(=O)c1cccc(N2CCNC2=O)c1C.Cl. The normalized spacial score (nSPS) is 13.5. The molecule has 0 aliphatic carbocycles. The molecule has 23 heavy (non-hydrogen) atoms. The van der Waals surface area contributed by atoms with Crippen molar-refractivity contribution in [2.75, 3.05) is 37.6 Å². The van der Waals surface area contributed by atoms with Gasteiger partial charge in [-0.15, -0.1) is 12.4 Å². The molecule has 1 heterocycles. The first-order chi connectivity index (χ1) is 10.6. The van der Waals surface area contributed by atoms with E-state index in [1.165, 1.54) is 0 Å². The summed E-state index contributed by atoms with van der Waals surface area (Å²) in [6.45, 7) is 7.55. The number of nitrogens with one attached hydrogen (secondary N) is 3. The van der Waals surface area contributed by atoms with Crippen LogP contribution in [0.3, 0.4) is 0 Å². The lowest BCUT2D eigenvalue weighted by Crippen LogP contribution is -2.33. The monoisotopic (exact) mass is 340 g/mol. The third-order valence-corrected chi connectivity index (χ3v) is 3.71. The minimum Gasteiger partial charge on any atom is -0.351 e. The maximum absolute atomic E-state index is 12.3. The molecule has 0 aromatic heterocycles. The summed E-state index contributed by atoms with van der Waals surface area (Å²) in [6, 6.07) is 5.38. The molecular formula is C16H25ClN4O2. The highest BCUT2D eigenvalue weighted by molar-refractivity contribution is 6.00. The zero-order chi connectivity index (χ0) is 15.9. The highest BCUT2D eigenvalue weighted by Crippen LogP contribution is 2.24. The molecule has 1 fully saturated rings. The van der Waals surface area contributed by atoms with E-state index in [4.69, 9.17) is 0 Å². The van der Waals surface area contributed by atoms with Crippen molar-refractivity contribution in [3.8, 4) is 0 Å². The van der Waals surface area contributed by atoms with Crippen LogP contribution < -0.4 is 20.9 Å². The summed E-state index contributed by atoms with van der Waals surface area (Å²) < 4.78 is 0. The van der Waals surface area contributed by atoms with E-state index in [0.29, 0.717) is 25.2 Å². The molecule has 128 valence electrons. The first kappa shape index (κ1) is 19.3. The minimum atomic E-state index is -0.107. The van der Waals surface area contributed by atoms with E-state index in [-0.39, 0.29) is 24.3 Å². The first-order valence-corrected chi connectivity index (χ1v) is 7.79. The summed E-state index contributed by atoms with van der Waals surface area (Å²) in [6.07, 6.45) is 1.08. The number of hydrogen-bond acceptors (Lipinski definition) is 3. The Balaban J connectivity index is 0.00000264. The number of anilines is 1. The summed E-state index contributed by atoms with van der Waals surface area (Å²) in [7, 11) is 0. The Hall–Kier alpha value is -1.79. The molecule has 7 heteroatoms. The van der Waals surface area contributed by atoms with Crippen molar-refractivity contribution in [1.29, 1.82) is 0 Å². The molecule has 0 atom stereocenters. The maximum atomic E-state index is 12.3. The molecule has 0 radical (unpaired) electrons. The number of nitrogens with zero attached hydrogens (tertiary/aromatic N) is 1. The van der Waals surface area contributed by atoms with E-state index in [0.717, 1.165) is 30.8 Å². The van der Waals surface area contributed by atoms with Crippen molar-refractivity contribution < 1.29 is 9.59 Å². The van der Waals surface area contributed by atoms with Crippen LogP contribution in [0.2, 0.25) is 0 Å². The van der Waals surface area contributed by atoms with Gasteiger partial charge in [-0.1, -0.05) is 13.0 Å². The van der Waals surface area contributed by atoms with E-state index in [2.05, 4.69) is 22.9 Å². The second kappa shape index (κ2) is 9.37. The highest BCUT2D eigenvalue weighted by Gasteiger charge is 2.24. The van der Waals surface area contributed by atoms with Gasteiger partial charge in [0.25, 0.3) is 5.91 Å². The van der Waals surface area contributed by atoms with Crippen LogP contribution >= 0.6 is 12.4 Å². The number of benzene rings is 1. The van der Waals surface area contributed by atoms with Crippen LogP contribution in [-0.2, 0) is 0 Å². The first-order valence-electron chi connectivity index (χ1n) is 7.79. The molecular weight excluding hydrogens is 316 g/mol. The fraction of sp³-hybridized carbons (Fsp3) is 0.500. The zero-order valence-corrected chi connectivity index (χ0v) is 14.5. The minimum absolute atomic E-state index is 0. The lowest BCUT2D eigenvalue weighted by atomic mass is 10.1. The van der Waals surface area contributed by atoms with Crippen LogP contribution in [0.25, 0.3) is 0 Å². The van der Waals surface area contributed by atoms with Gasteiger partial charge in [-0.3, -0.25) is 9.69 Å². The van der Waals surface area contributed by atoms with Gasteiger partial charge >= 0.3 is 6.03 Å². The molecule has 2 rings (SSSR count). The lowest BCUT2D eigenvalue weighted by molar-refractivity contribution is 0.0953. The average Bonchev–Trinajstić information content (AvgIpc) is 2.93. The summed E-state index contributed by atoms with van der Waals surface area (Å²) in [5.41, 5.74) is 2.25. The standard InChI is InChI=1S/C16H24N4O2.ClH/c1-3-7-17-8-9-18-15(21)13-5-4-6-14(12(13)2)20-11-10-19-16(20)22;/h4-6,17H,3,7-11H2,1-2H3,(H,18,21)(H,19,22);1H. The van der Waals surface area contributed by atoms with Crippen LogP contribution in [-0.4, -0.2) is 44.7 Å². The van der Waals surface area contributed by atoms with Crippen LogP contribution in [0.1, 0.15) is 29.3 Å². The Kier molecular flexibility index (Phi) is 7.85. The number of hydrogen-bond donors (Lipinski definition) is 3. The Labute approximate surface area is 143 Å². The molecule has 3 N–H and O–H groups in total. The fourth-order valence-electron chi connectivity index (χ4n) is 2.52. The topological polar surface area (TPSA) is 73.5 Å². The number of carbonyl (C=O) groups is 2. The molecule has 1 saturated heterocycles. The van der Waals surface area contributed by atoms with Gasteiger partial charge in [0.2, 0.25) is 0 Å². The van der Waals surface area contributed by atoms with E-state index in [1.807, 2.05) is 19.1 Å². The van der Waals surface area contributed by atoms with Gasteiger partial charge in [-0.2, -0.15) is 0 Å². The predicted octanol–water partition coefficient (Wildman–Crippen LogP) is 1.68. The Bertz CT molecular complexity index is 551. The molecule has 1 aliphatic rings. The van der Waals surface area contributed by atoms with Crippen molar-refractivity contribution in [1.82, 2.24) is 16.0 Å². The van der Waals surface area contributed by atoms with Gasteiger partial charge in [0, 0.05) is 37.4 Å². The van der Waals surface area contributed by atoms with E-state index < -0.39 is 0 Å². The van der Waals surface area contributed by atoms with Crippen molar-refractivity contribution in [3.63, 3.8) is 0 Å². The second-order valence-corrected chi connectivity index (χ2v) is 5.34. The second-order valence-electron chi connectivity index (χ2n) is 5.34. The quantitative estimate of drug-likeness (QED) is 0.661. The predicted molar refractivity (Wildman–Crippen MR) is 94.7 cm³/mol. The van der Waals surface area contributed by atoms with Crippen LogP contribution in [0.4, 0.5) is 10.5 Å². The molecule has 1 aromatic carbocycles. The zero-order valence-electron chi connectivity index (χ0n) is 13.6. The van der Waals surface area contributed by atoms with Crippen molar-refractivity contribution >= 4 is 30.0 Å². The number of rotatable bonds is 7. The van der Waals surface area contributed by atoms with E-state index in [9.17, 15) is 9.59 Å². The van der Waals surface area contributed by atoms with Crippen molar-refractivity contribution in [3.05, 3.63) is 29.3 Å². The number of carbonyl (C=O) groups excluding carboxylic acids is 2. The molecule has 6 nitrogen and oxygen atoms in total. The van der Waals surface area contributed by atoms with Crippen LogP contribution in [0.15, 0.2) is 18.2 Å². The molecule has 0 spiro atoms. The van der Waals surface area contributed by atoms with Gasteiger partial charge in [0.15, 0.2) is 0 Å². The Morgan fingerprint density at radius 3 is 2.74 bits per heavy atom. The summed E-state index contributed by atoms with van der Waals surface area (Å²) in [5.74, 6) is -0.0998. The molecule has 3 amide bonds. The molecule has 0 bridgehead atoms. The molecule has 1 aliphatic heterocycles. The average molecular weight is 341 g/mol. The van der Waals surface area contributed by atoms with Gasteiger partial charge < -0.3 is 16.0 Å². The van der Waals surface area contributed by atoms with Gasteiger partial charge in [-0.05, 0) is 37.6 Å². The largest absolute Gasteiger partial charge is 0.351 e. The smallest absolute Gasteiger partial charge is 0.322 e. The molecule has 0 unspecified atom stereocenters. The number of amides is 3. The number of halogens is 1. The Morgan fingerprint density at radius 2 is 2.09 bits per heavy atom. The third-order valence-electron chi connectivity index (χ3n) is 3.71. The van der Waals surface area contributed by atoms with E-state index in [1.54, 1.807) is 11.0 Å². The van der Waals surface area contributed by atoms with Crippen LogP contribution in [0.5, 0.6) is 0 Å². The molecule has 0 saturated carbocycles. The molecule has 1 aromatic rings. The summed E-state index contributed by atoms with van der Waals surface area (Å²) in [5, 5.41) is 8.93. The maximum Gasteiger partial charge on any atom is 0.322 e. The van der Waals surface area contributed by atoms with Gasteiger partial charge in [0.1, 0.15) is 0 Å². The summed E-state index contributed by atoms with van der Waals surface area (Å²) >= 11 is 0. The van der Waals surface area contributed by atoms with Crippen LogP contribution in [0, 0.1) is 6.92 Å². The van der Waals surface area contributed by atoms with E-state index >= 15 is 0 Å². The lowest BCUT2D eigenvalue weighted by Gasteiger charge is -2.19. The van der Waals surface area contributed by atoms with Gasteiger partial charge in [-0.25, -0.2) is 4.79 Å². The fourth-order valence-corrected chi connectivity index (χ4v) is 2.52.